The van der Waals surface area contributed by atoms with Crippen LogP contribution in [0.5, 0.6) is 0 Å². The number of hydrogen-bond donors (Lipinski definition) is 0. The summed E-state index contributed by atoms with van der Waals surface area (Å²) in [4.78, 5) is 3.78. The molecule has 39 heavy (non-hydrogen) atoms. The van der Waals surface area contributed by atoms with Gasteiger partial charge in [-0.1, -0.05) is 66.2 Å². The van der Waals surface area contributed by atoms with E-state index in [4.69, 9.17) is 11.6 Å². The highest BCUT2D eigenvalue weighted by Gasteiger charge is 2.18. The molecule has 0 saturated carbocycles. The average molecular weight is 562 g/mol. The largest absolute Gasteiger partial charge is 0.310 e. The van der Waals surface area contributed by atoms with Crippen molar-refractivity contribution in [1.82, 2.24) is 0 Å². The third-order valence-corrected chi connectivity index (χ3v) is 10.6. The van der Waals surface area contributed by atoms with Crippen molar-refractivity contribution in [3.05, 3.63) is 120 Å². The first-order chi connectivity index (χ1) is 18.9. The van der Waals surface area contributed by atoms with Crippen molar-refractivity contribution in [3.63, 3.8) is 0 Å². The first kappa shape index (κ1) is 24.5. The lowest BCUT2D eigenvalue weighted by molar-refractivity contribution is 1.27. The Hall–Kier alpha value is -3.50. The molecular weight excluding hydrogens is 534 g/mol. The summed E-state index contributed by atoms with van der Waals surface area (Å²) >= 11 is 8.33. The van der Waals surface area contributed by atoms with Crippen molar-refractivity contribution < 1.29 is 0 Å². The Labute approximate surface area is 239 Å². The lowest BCUT2D eigenvalue weighted by Crippen LogP contribution is -2.09. The highest BCUT2D eigenvalue weighted by atomic mass is 35.5. The van der Waals surface area contributed by atoms with Crippen LogP contribution in [0.4, 0.5) is 17.1 Å². The van der Waals surface area contributed by atoms with Crippen LogP contribution in [0.2, 0.25) is 5.02 Å². The van der Waals surface area contributed by atoms with E-state index in [-0.39, 0.29) is 0 Å². The van der Waals surface area contributed by atoms with Gasteiger partial charge >= 0.3 is 0 Å². The summed E-state index contributed by atoms with van der Waals surface area (Å²) in [6, 6.07) is 41.7. The Bertz CT molecular complexity index is 2000. The van der Waals surface area contributed by atoms with Crippen molar-refractivity contribution in [3.8, 4) is 0 Å². The van der Waals surface area contributed by atoms with Crippen LogP contribution in [0.3, 0.4) is 0 Å². The van der Waals surface area contributed by atoms with Crippen molar-refractivity contribution >= 4 is 91.7 Å². The number of halogens is 1. The lowest BCUT2D eigenvalue weighted by Gasteiger charge is -2.29. The molecule has 1 heterocycles. The topological polar surface area (TPSA) is 3.24 Å². The molecule has 0 spiro atoms. The number of thiophene rings is 1. The molecule has 1 aromatic heterocycles. The maximum absolute atomic E-state index is 6.45. The van der Waals surface area contributed by atoms with E-state index in [1.807, 2.05) is 17.4 Å². The first-order valence-corrected chi connectivity index (χ1v) is 17.0. The molecule has 0 amide bonds. The van der Waals surface area contributed by atoms with Gasteiger partial charge in [0.05, 0.1) is 0 Å². The fourth-order valence-electron chi connectivity index (χ4n) is 5.58. The van der Waals surface area contributed by atoms with Gasteiger partial charge in [0.15, 0.2) is 0 Å². The van der Waals surface area contributed by atoms with Crippen LogP contribution in [0.15, 0.2) is 120 Å². The lowest BCUT2D eigenvalue weighted by atomic mass is 9.97. The van der Waals surface area contributed by atoms with Gasteiger partial charge in [0.2, 0.25) is 0 Å². The third kappa shape index (κ3) is 4.17. The SMILES string of the molecule is CS(C)(C)c1ccc(N(c2ccccc2)c2ccc3c(c2)sc2c4ccc(Cl)cc4c4ccccc4c32)cc1. The third-order valence-electron chi connectivity index (χ3n) is 7.46. The van der Waals surface area contributed by atoms with E-state index < -0.39 is 10.0 Å². The number of nitrogens with zero attached hydrogens (tertiary/aromatic N) is 1. The molecule has 6 aromatic carbocycles. The van der Waals surface area contributed by atoms with Gasteiger partial charge in [-0.15, -0.1) is 11.3 Å². The van der Waals surface area contributed by atoms with Gasteiger partial charge < -0.3 is 4.90 Å². The summed E-state index contributed by atoms with van der Waals surface area (Å²) in [5.41, 5.74) is 3.48. The van der Waals surface area contributed by atoms with Gasteiger partial charge in [-0.05, 0) is 100 Å². The van der Waals surface area contributed by atoms with Gasteiger partial charge in [-0.3, -0.25) is 0 Å². The van der Waals surface area contributed by atoms with Crippen LogP contribution in [0, 0.1) is 0 Å². The molecule has 0 unspecified atom stereocenters. The summed E-state index contributed by atoms with van der Waals surface area (Å²) in [6.07, 6.45) is 7.02. The van der Waals surface area contributed by atoms with Gasteiger partial charge in [0.25, 0.3) is 0 Å². The highest BCUT2D eigenvalue weighted by molar-refractivity contribution is 8.32. The summed E-state index contributed by atoms with van der Waals surface area (Å²) in [5.74, 6) is 0. The molecule has 192 valence electrons. The molecule has 0 aliphatic rings. The van der Waals surface area contributed by atoms with Gasteiger partial charge in [-0.25, -0.2) is 10.0 Å². The molecule has 0 aliphatic heterocycles. The number of anilines is 3. The molecule has 0 N–H and O–H groups in total. The Balaban J connectivity index is 1.47. The molecule has 0 saturated heterocycles. The number of benzene rings is 6. The van der Waals surface area contributed by atoms with E-state index in [1.54, 1.807) is 0 Å². The van der Waals surface area contributed by atoms with Gasteiger partial charge in [0, 0.05) is 47.6 Å². The van der Waals surface area contributed by atoms with Crippen LogP contribution in [0.1, 0.15) is 0 Å². The zero-order valence-electron chi connectivity index (χ0n) is 22.1. The second kappa shape index (κ2) is 9.31. The molecule has 0 atom stereocenters. The normalized spacial score (nSPS) is 12.5. The van der Waals surface area contributed by atoms with E-state index in [0.29, 0.717) is 0 Å². The minimum Gasteiger partial charge on any atom is -0.310 e. The zero-order chi connectivity index (χ0) is 26.7. The van der Waals surface area contributed by atoms with Crippen LogP contribution < -0.4 is 4.90 Å². The fraction of sp³-hybridized carbons (Fsp3) is 0.0857. The number of para-hydroxylation sites is 1. The Morgan fingerprint density at radius 2 is 1.21 bits per heavy atom. The standard InChI is InChI=1S/C35H28ClNS2/c1-39(2,3)27-17-14-25(15-18-27)37(24-9-5-4-6-10-24)26-16-20-31-33(22-26)38-35-30-19-13-23(36)21-32(30)28-11-7-8-12-29(28)34(31)35/h4-22H,1-3H3. The van der Waals surface area contributed by atoms with E-state index >= 15 is 0 Å². The van der Waals surface area contributed by atoms with Gasteiger partial charge in [-0.2, -0.15) is 0 Å². The van der Waals surface area contributed by atoms with Crippen molar-refractivity contribution in [1.29, 1.82) is 0 Å². The Kier molecular flexibility index (Phi) is 5.85. The summed E-state index contributed by atoms with van der Waals surface area (Å²) in [5, 5.41) is 8.40. The molecule has 0 fully saturated rings. The number of rotatable bonds is 4. The highest BCUT2D eigenvalue weighted by Crippen LogP contribution is 2.48. The second-order valence-electron chi connectivity index (χ2n) is 10.7. The maximum Gasteiger partial charge on any atom is 0.0476 e. The van der Waals surface area contributed by atoms with Crippen LogP contribution >= 0.6 is 33.0 Å². The minimum atomic E-state index is -0.782. The quantitative estimate of drug-likeness (QED) is 0.193. The van der Waals surface area contributed by atoms with E-state index in [2.05, 4.69) is 133 Å². The van der Waals surface area contributed by atoms with E-state index in [9.17, 15) is 0 Å². The number of fused-ring (bicyclic) bond motifs is 8. The molecule has 0 aliphatic carbocycles. The van der Waals surface area contributed by atoms with Crippen molar-refractivity contribution in [2.24, 2.45) is 0 Å². The summed E-state index contributed by atoms with van der Waals surface area (Å²) in [7, 11) is -0.782. The maximum atomic E-state index is 6.45. The first-order valence-electron chi connectivity index (χ1n) is 13.0. The van der Waals surface area contributed by atoms with E-state index in [0.717, 1.165) is 16.4 Å². The average Bonchev–Trinajstić information content (AvgIpc) is 3.33. The van der Waals surface area contributed by atoms with Crippen LogP contribution in [-0.4, -0.2) is 18.8 Å². The Morgan fingerprint density at radius 3 is 1.95 bits per heavy atom. The molecule has 7 rings (SSSR count). The van der Waals surface area contributed by atoms with Gasteiger partial charge in [0.1, 0.15) is 0 Å². The van der Waals surface area contributed by atoms with E-state index in [1.165, 1.54) is 52.3 Å². The predicted octanol–water partition coefficient (Wildman–Crippen LogP) is 11.5. The zero-order valence-corrected chi connectivity index (χ0v) is 24.5. The number of hydrogen-bond acceptors (Lipinski definition) is 2. The Morgan fingerprint density at radius 1 is 0.564 bits per heavy atom. The predicted molar refractivity (Wildman–Crippen MR) is 178 cm³/mol. The monoisotopic (exact) mass is 561 g/mol. The van der Waals surface area contributed by atoms with Crippen molar-refractivity contribution in [2.45, 2.75) is 4.90 Å². The fourth-order valence-corrected chi connectivity index (χ4v) is 8.00. The smallest absolute Gasteiger partial charge is 0.0476 e. The summed E-state index contributed by atoms with van der Waals surface area (Å²) < 4.78 is 2.60. The molecule has 0 radical (unpaired) electrons. The molecule has 0 bridgehead atoms. The second-order valence-corrected chi connectivity index (χ2v) is 16.4. The van der Waals surface area contributed by atoms with Crippen molar-refractivity contribution in [2.75, 3.05) is 23.7 Å². The molecular formula is C35H28ClNS2. The molecule has 4 heteroatoms. The molecule has 7 aromatic rings. The van der Waals surface area contributed by atoms with Crippen LogP contribution in [0.25, 0.3) is 41.7 Å². The molecule has 1 nitrogen and oxygen atoms in total. The minimum absolute atomic E-state index is 0.771. The summed E-state index contributed by atoms with van der Waals surface area (Å²) in [6.45, 7) is 0. The van der Waals surface area contributed by atoms with Crippen LogP contribution in [-0.2, 0) is 0 Å².